The number of halogens is 3. The van der Waals surface area contributed by atoms with Gasteiger partial charge in [-0.25, -0.2) is 0 Å². The summed E-state index contributed by atoms with van der Waals surface area (Å²) in [5, 5.41) is 7.56. The van der Waals surface area contributed by atoms with Crippen LogP contribution in [0.4, 0.5) is 19.0 Å². The number of aryl methyl sites for hydroxylation is 1. The summed E-state index contributed by atoms with van der Waals surface area (Å²) >= 11 is 0. The van der Waals surface area contributed by atoms with Gasteiger partial charge in [0.15, 0.2) is 5.82 Å². The number of aromatic nitrogens is 4. The Balaban J connectivity index is 1.91. The van der Waals surface area contributed by atoms with Gasteiger partial charge in [0.1, 0.15) is 18.0 Å². The number of nitrogen functional groups attached to an aromatic ring is 1. The highest BCUT2D eigenvalue weighted by atomic mass is 19.4. The molecule has 0 spiro atoms. The van der Waals surface area contributed by atoms with E-state index in [4.69, 9.17) is 10.3 Å². The normalized spacial score (nSPS) is 12.0. The van der Waals surface area contributed by atoms with E-state index in [2.05, 4.69) is 20.0 Å². The van der Waals surface area contributed by atoms with Gasteiger partial charge in [-0.2, -0.15) is 23.3 Å². The number of anilines is 1. The average molecular weight is 291 g/mol. The third-order valence-corrected chi connectivity index (χ3v) is 2.42. The average Bonchev–Trinajstić information content (AvgIpc) is 2.93. The van der Waals surface area contributed by atoms with E-state index >= 15 is 0 Å². The Kier molecular flexibility index (Phi) is 3.93. The zero-order valence-corrected chi connectivity index (χ0v) is 10.5. The Morgan fingerprint density at radius 3 is 2.80 bits per heavy atom. The van der Waals surface area contributed by atoms with E-state index in [0.717, 1.165) is 0 Å². The van der Waals surface area contributed by atoms with Crippen molar-refractivity contribution in [3.05, 3.63) is 12.0 Å². The van der Waals surface area contributed by atoms with Crippen LogP contribution in [0, 0.1) is 0 Å². The molecular formula is C10H12F3N5O2. The molecule has 0 aliphatic rings. The third kappa shape index (κ3) is 3.47. The van der Waals surface area contributed by atoms with Gasteiger partial charge in [0, 0.05) is 13.5 Å². The van der Waals surface area contributed by atoms with Gasteiger partial charge >= 0.3 is 6.18 Å². The summed E-state index contributed by atoms with van der Waals surface area (Å²) in [6.45, 7) is -1.45. The zero-order valence-electron chi connectivity index (χ0n) is 10.5. The molecule has 20 heavy (non-hydrogen) atoms. The van der Waals surface area contributed by atoms with E-state index in [-0.39, 0.29) is 24.7 Å². The molecule has 10 heteroatoms. The van der Waals surface area contributed by atoms with Crippen molar-refractivity contribution >= 4 is 5.82 Å². The van der Waals surface area contributed by atoms with Crippen LogP contribution in [0.15, 0.2) is 10.7 Å². The summed E-state index contributed by atoms with van der Waals surface area (Å²) in [5.41, 5.74) is 6.21. The molecular weight excluding hydrogens is 279 g/mol. The summed E-state index contributed by atoms with van der Waals surface area (Å²) in [6, 6.07) is 0. The van der Waals surface area contributed by atoms with Crippen molar-refractivity contribution in [2.45, 2.75) is 12.6 Å². The van der Waals surface area contributed by atoms with Crippen molar-refractivity contribution in [1.82, 2.24) is 19.9 Å². The van der Waals surface area contributed by atoms with Crippen LogP contribution in [-0.4, -0.2) is 39.3 Å². The van der Waals surface area contributed by atoms with Crippen LogP contribution >= 0.6 is 0 Å². The lowest BCUT2D eigenvalue weighted by Gasteiger charge is -2.05. The van der Waals surface area contributed by atoms with E-state index < -0.39 is 12.8 Å². The van der Waals surface area contributed by atoms with Crippen LogP contribution in [0.1, 0.15) is 5.82 Å². The summed E-state index contributed by atoms with van der Waals surface area (Å²) in [5.74, 6) is 0.764. The lowest BCUT2D eigenvalue weighted by atomic mass is 10.3. The number of hydrogen-bond acceptors (Lipinski definition) is 6. The Bertz CT molecular complexity index is 578. The molecule has 0 amide bonds. The third-order valence-electron chi connectivity index (χ3n) is 2.42. The van der Waals surface area contributed by atoms with Crippen molar-refractivity contribution in [1.29, 1.82) is 0 Å². The van der Waals surface area contributed by atoms with E-state index in [1.165, 1.54) is 10.9 Å². The Morgan fingerprint density at radius 2 is 2.20 bits per heavy atom. The van der Waals surface area contributed by atoms with Crippen LogP contribution < -0.4 is 5.73 Å². The molecule has 0 unspecified atom stereocenters. The molecule has 110 valence electrons. The molecule has 0 bridgehead atoms. The molecule has 0 saturated carbocycles. The van der Waals surface area contributed by atoms with E-state index in [1.807, 2.05) is 0 Å². The molecule has 7 nitrogen and oxygen atoms in total. The van der Waals surface area contributed by atoms with E-state index in [9.17, 15) is 13.2 Å². The number of nitrogens with zero attached hydrogens (tertiary/aromatic N) is 4. The Morgan fingerprint density at radius 1 is 1.45 bits per heavy atom. The first-order chi connectivity index (χ1) is 9.37. The highest BCUT2D eigenvalue weighted by Gasteiger charge is 2.27. The van der Waals surface area contributed by atoms with Gasteiger partial charge in [-0.15, -0.1) is 0 Å². The summed E-state index contributed by atoms with van der Waals surface area (Å²) in [7, 11) is 1.65. The molecule has 2 rings (SSSR count). The van der Waals surface area contributed by atoms with E-state index in [1.54, 1.807) is 7.05 Å². The highest BCUT2D eigenvalue weighted by Crippen LogP contribution is 2.23. The molecule has 2 heterocycles. The van der Waals surface area contributed by atoms with E-state index in [0.29, 0.717) is 11.4 Å². The molecule has 0 fully saturated rings. The van der Waals surface area contributed by atoms with Gasteiger partial charge in [-0.1, -0.05) is 5.16 Å². The van der Waals surface area contributed by atoms with Gasteiger partial charge in [0.25, 0.3) is 5.89 Å². The summed E-state index contributed by atoms with van der Waals surface area (Å²) < 4.78 is 46.4. The van der Waals surface area contributed by atoms with Crippen molar-refractivity contribution in [2.24, 2.45) is 7.05 Å². The minimum Gasteiger partial charge on any atom is -0.383 e. The summed E-state index contributed by atoms with van der Waals surface area (Å²) in [6.07, 6.45) is -2.76. The van der Waals surface area contributed by atoms with Crippen LogP contribution in [0.5, 0.6) is 0 Å². The first kappa shape index (κ1) is 14.3. The van der Waals surface area contributed by atoms with Crippen molar-refractivity contribution < 1.29 is 22.4 Å². The molecule has 0 radical (unpaired) electrons. The first-order valence-corrected chi connectivity index (χ1v) is 5.62. The molecule has 0 aliphatic heterocycles. The van der Waals surface area contributed by atoms with Gasteiger partial charge in [-0.3, -0.25) is 4.68 Å². The molecule has 2 N–H and O–H groups in total. The molecule has 2 aromatic heterocycles. The van der Waals surface area contributed by atoms with Gasteiger partial charge in [0.05, 0.1) is 12.8 Å². The smallest absolute Gasteiger partial charge is 0.383 e. The summed E-state index contributed by atoms with van der Waals surface area (Å²) in [4.78, 5) is 4.02. The largest absolute Gasteiger partial charge is 0.411 e. The van der Waals surface area contributed by atoms with Crippen LogP contribution in [0.3, 0.4) is 0 Å². The second-order valence-corrected chi connectivity index (χ2v) is 4.00. The Labute approximate surface area is 111 Å². The fourth-order valence-corrected chi connectivity index (χ4v) is 1.43. The molecule has 0 aliphatic carbocycles. The quantitative estimate of drug-likeness (QED) is 0.831. The monoisotopic (exact) mass is 291 g/mol. The van der Waals surface area contributed by atoms with Gasteiger partial charge in [0.2, 0.25) is 0 Å². The fourth-order valence-electron chi connectivity index (χ4n) is 1.43. The molecule has 0 atom stereocenters. The lowest BCUT2D eigenvalue weighted by molar-refractivity contribution is -0.173. The minimum atomic E-state index is -4.34. The number of rotatable bonds is 5. The predicted molar refractivity (Wildman–Crippen MR) is 61.5 cm³/mol. The predicted octanol–water partition coefficient (Wildman–Crippen LogP) is 1.17. The molecule has 0 saturated heterocycles. The molecule has 2 aromatic rings. The minimum absolute atomic E-state index is 0.111. The fraction of sp³-hybridized carbons (Fsp3) is 0.500. The molecule has 0 aromatic carbocycles. The van der Waals surface area contributed by atoms with Gasteiger partial charge < -0.3 is 15.0 Å². The highest BCUT2D eigenvalue weighted by molar-refractivity contribution is 5.66. The second kappa shape index (κ2) is 5.49. The maximum Gasteiger partial charge on any atom is 0.411 e. The first-order valence-electron chi connectivity index (χ1n) is 5.62. The van der Waals surface area contributed by atoms with Crippen LogP contribution in [0.2, 0.25) is 0 Å². The van der Waals surface area contributed by atoms with Crippen molar-refractivity contribution in [3.63, 3.8) is 0 Å². The van der Waals surface area contributed by atoms with Crippen molar-refractivity contribution in [2.75, 3.05) is 18.9 Å². The number of ether oxygens (including phenoxy) is 1. The number of nitrogens with two attached hydrogens (primary N) is 1. The standard InChI is InChI=1S/C10H12F3N5O2/c1-18-8(14)6(4-15-18)9-16-7(17-20-9)2-3-19-5-10(11,12)13/h4H,2-3,5,14H2,1H3. The topological polar surface area (TPSA) is 92.0 Å². The van der Waals surface area contributed by atoms with Crippen LogP contribution in [0.25, 0.3) is 11.5 Å². The second-order valence-electron chi connectivity index (χ2n) is 4.00. The maximum atomic E-state index is 11.9. The lowest BCUT2D eigenvalue weighted by Crippen LogP contribution is -2.18. The zero-order chi connectivity index (χ0) is 14.8. The number of alkyl halides is 3. The van der Waals surface area contributed by atoms with Crippen LogP contribution in [-0.2, 0) is 18.2 Å². The maximum absolute atomic E-state index is 11.9. The van der Waals surface area contributed by atoms with Crippen molar-refractivity contribution in [3.8, 4) is 11.5 Å². The SMILES string of the molecule is Cn1ncc(-c2nc(CCOCC(F)(F)F)no2)c1N. The van der Waals surface area contributed by atoms with Gasteiger partial charge in [-0.05, 0) is 0 Å². The Hall–Kier alpha value is -2.10. The number of hydrogen-bond donors (Lipinski definition) is 1.